The van der Waals surface area contributed by atoms with Gasteiger partial charge in [0.05, 0.1) is 9.75 Å². The molecule has 3 heteroatoms. The summed E-state index contributed by atoms with van der Waals surface area (Å²) in [5.41, 5.74) is 5.10. The molecule has 0 radical (unpaired) electrons. The lowest BCUT2D eigenvalue weighted by Crippen LogP contribution is -2.06. The average molecular weight is 415 g/mol. The molecule has 0 aromatic carbocycles. The molecule has 0 aliphatic heterocycles. The normalized spacial score (nSPS) is 10.9. The third-order valence-corrected chi connectivity index (χ3v) is 7.30. The van der Waals surface area contributed by atoms with E-state index in [1.807, 2.05) is 12.2 Å². The van der Waals surface area contributed by atoms with E-state index in [0.29, 0.717) is 0 Å². The Labute approximate surface area is 179 Å². The third kappa shape index (κ3) is 5.78. The summed E-state index contributed by atoms with van der Waals surface area (Å²) < 4.78 is 0. The van der Waals surface area contributed by atoms with E-state index >= 15 is 0 Å². The molecule has 0 aliphatic rings. The van der Waals surface area contributed by atoms with Crippen LogP contribution in [0.4, 0.5) is 0 Å². The summed E-state index contributed by atoms with van der Waals surface area (Å²) in [6.07, 6.45) is 14.7. The zero-order valence-corrected chi connectivity index (χ0v) is 19.2. The Kier molecular flexibility index (Phi) is 9.94. The average Bonchev–Trinajstić information content (AvgIpc) is 3.27. The van der Waals surface area contributed by atoms with Gasteiger partial charge in [0, 0.05) is 0 Å². The lowest BCUT2D eigenvalue weighted by atomic mass is 9.96. The first-order valence-electron chi connectivity index (χ1n) is 10.6. The predicted octanol–water partition coefficient (Wildman–Crippen LogP) is 7.96. The van der Waals surface area contributed by atoms with E-state index in [0.717, 1.165) is 48.3 Å². The van der Waals surface area contributed by atoms with Gasteiger partial charge in [0.2, 0.25) is 5.78 Å². The van der Waals surface area contributed by atoms with E-state index in [4.69, 9.17) is 0 Å². The lowest BCUT2D eigenvalue weighted by molar-refractivity contribution is 0.104. The van der Waals surface area contributed by atoms with Gasteiger partial charge in [-0.3, -0.25) is 4.79 Å². The molecule has 2 aromatic heterocycles. The highest BCUT2D eigenvalue weighted by atomic mass is 32.1. The van der Waals surface area contributed by atoms with Crippen LogP contribution in [0.2, 0.25) is 0 Å². The van der Waals surface area contributed by atoms with Gasteiger partial charge in [-0.2, -0.15) is 0 Å². The van der Waals surface area contributed by atoms with Crippen LogP contribution < -0.4 is 0 Å². The highest BCUT2D eigenvalue weighted by Gasteiger charge is 2.23. The van der Waals surface area contributed by atoms with Gasteiger partial charge < -0.3 is 0 Å². The summed E-state index contributed by atoms with van der Waals surface area (Å²) in [5, 5.41) is 4.34. The topological polar surface area (TPSA) is 17.1 Å². The Hall–Kier alpha value is -1.45. The first-order chi connectivity index (χ1) is 13.7. The molecule has 0 saturated heterocycles. The Morgan fingerprint density at radius 3 is 1.61 bits per heavy atom. The SMILES string of the molecule is C=CCc1csc(C(=O)c2scc(CC=C)c2CCCCC)c1CCCCC. The van der Waals surface area contributed by atoms with E-state index in [2.05, 4.69) is 37.8 Å². The largest absolute Gasteiger partial charge is 0.287 e. The fourth-order valence-electron chi connectivity index (χ4n) is 3.63. The number of carbonyl (C=O) groups excluding carboxylic acids is 1. The van der Waals surface area contributed by atoms with Gasteiger partial charge in [0.25, 0.3) is 0 Å². The minimum atomic E-state index is 0.235. The molecule has 0 unspecified atom stereocenters. The quantitative estimate of drug-likeness (QED) is 0.174. The first-order valence-corrected chi connectivity index (χ1v) is 12.4. The molecule has 28 heavy (non-hydrogen) atoms. The van der Waals surface area contributed by atoms with E-state index in [-0.39, 0.29) is 5.78 Å². The lowest BCUT2D eigenvalue weighted by Gasteiger charge is -2.09. The summed E-state index contributed by atoms with van der Waals surface area (Å²) in [5.74, 6) is 0.235. The second-order valence-corrected chi connectivity index (χ2v) is 9.13. The monoisotopic (exact) mass is 414 g/mol. The highest BCUT2D eigenvalue weighted by molar-refractivity contribution is 7.16. The first kappa shape index (κ1) is 22.8. The summed E-state index contributed by atoms with van der Waals surface area (Å²) >= 11 is 3.25. The van der Waals surface area contributed by atoms with Gasteiger partial charge in [0.15, 0.2) is 0 Å². The van der Waals surface area contributed by atoms with Crippen molar-refractivity contribution in [2.75, 3.05) is 0 Å². The van der Waals surface area contributed by atoms with Crippen molar-refractivity contribution in [3.63, 3.8) is 0 Å². The molecule has 152 valence electrons. The minimum absolute atomic E-state index is 0.235. The van der Waals surface area contributed by atoms with E-state index in [1.165, 1.54) is 47.9 Å². The van der Waals surface area contributed by atoms with E-state index in [9.17, 15) is 4.79 Å². The summed E-state index contributed by atoms with van der Waals surface area (Å²) in [6, 6.07) is 0. The fraction of sp³-hybridized carbons (Fsp3) is 0.480. The van der Waals surface area contributed by atoms with Crippen molar-refractivity contribution in [3.05, 3.63) is 68.1 Å². The van der Waals surface area contributed by atoms with Crippen LogP contribution in [0.5, 0.6) is 0 Å². The fourth-order valence-corrected chi connectivity index (χ4v) is 5.86. The molecule has 1 nitrogen and oxygen atoms in total. The number of hydrogen-bond acceptors (Lipinski definition) is 3. The van der Waals surface area contributed by atoms with Crippen molar-refractivity contribution in [2.24, 2.45) is 0 Å². The summed E-state index contributed by atoms with van der Waals surface area (Å²) in [4.78, 5) is 15.5. The highest BCUT2D eigenvalue weighted by Crippen LogP contribution is 2.33. The number of unbranched alkanes of at least 4 members (excludes halogenated alkanes) is 4. The molecule has 0 aliphatic carbocycles. The van der Waals surface area contributed by atoms with Gasteiger partial charge >= 0.3 is 0 Å². The molecule has 0 saturated carbocycles. The maximum atomic E-state index is 13.6. The van der Waals surface area contributed by atoms with Gasteiger partial charge in [-0.25, -0.2) is 0 Å². The maximum absolute atomic E-state index is 13.6. The summed E-state index contributed by atoms with van der Waals surface area (Å²) in [7, 11) is 0. The second kappa shape index (κ2) is 12.2. The number of hydrogen-bond donors (Lipinski definition) is 0. The van der Waals surface area contributed by atoms with Crippen LogP contribution in [0.15, 0.2) is 36.1 Å². The van der Waals surface area contributed by atoms with Crippen LogP contribution in [-0.2, 0) is 25.7 Å². The van der Waals surface area contributed by atoms with Crippen LogP contribution >= 0.6 is 22.7 Å². The Morgan fingerprint density at radius 1 is 0.821 bits per heavy atom. The number of thiophene rings is 2. The molecule has 2 rings (SSSR count). The zero-order valence-electron chi connectivity index (χ0n) is 17.5. The number of ketones is 1. The van der Waals surface area contributed by atoms with Crippen molar-refractivity contribution in [2.45, 2.75) is 78.1 Å². The van der Waals surface area contributed by atoms with Crippen molar-refractivity contribution in [1.82, 2.24) is 0 Å². The van der Waals surface area contributed by atoms with Crippen LogP contribution in [-0.4, -0.2) is 5.78 Å². The molecule has 0 fully saturated rings. The summed E-state index contributed by atoms with van der Waals surface area (Å²) in [6.45, 7) is 12.2. The van der Waals surface area contributed by atoms with Crippen LogP contribution in [0.3, 0.4) is 0 Å². The molecule has 0 atom stereocenters. The van der Waals surface area contributed by atoms with Crippen molar-refractivity contribution in [3.8, 4) is 0 Å². The predicted molar refractivity (Wildman–Crippen MR) is 126 cm³/mol. The minimum Gasteiger partial charge on any atom is -0.287 e. The zero-order chi connectivity index (χ0) is 20.4. The van der Waals surface area contributed by atoms with Crippen LogP contribution in [0, 0.1) is 0 Å². The number of carbonyl (C=O) groups is 1. The van der Waals surface area contributed by atoms with Gasteiger partial charge in [-0.1, -0.05) is 51.7 Å². The number of allylic oxidation sites excluding steroid dienone is 2. The van der Waals surface area contributed by atoms with Crippen molar-refractivity contribution < 1.29 is 4.79 Å². The third-order valence-electron chi connectivity index (χ3n) is 5.16. The second-order valence-electron chi connectivity index (χ2n) is 7.37. The maximum Gasteiger partial charge on any atom is 0.213 e. The van der Waals surface area contributed by atoms with Gasteiger partial charge in [0.1, 0.15) is 0 Å². The Bertz CT molecular complexity index is 714. The number of rotatable bonds is 14. The molecular weight excluding hydrogens is 380 g/mol. The Morgan fingerprint density at radius 2 is 1.25 bits per heavy atom. The molecule has 0 N–H and O–H groups in total. The Balaban J connectivity index is 2.36. The molecule has 0 spiro atoms. The van der Waals surface area contributed by atoms with Gasteiger partial charge in [-0.15, -0.1) is 35.8 Å². The standard InChI is InChI=1S/C25H34OS2/c1-5-9-11-15-21-19(13-7-3)17-27-24(21)23(26)25-22(16-12-10-6-2)20(14-8-4)18-28-25/h7-8,17-18H,3-6,9-16H2,1-2H3. The van der Waals surface area contributed by atoms with E-state index < -0.39 is 0 Å². The van der Waals surface area contributed by atoms with Crippen LogP contribution in [0.1, 0.15) is 89.2 Å². The molecule has 0 amide bonds. The molecule has 2 aromatic rings. The molecule has 2 heterocycles. The molecular formula is C25H34OS2. The molecule has 0 bridgehead atoms. The smallest absolute Gasteiger partial charge is 0.213 e. The van der Waals surface area contributed by atoms with E-state index in [1.54, 1.807) is 22.7 Å². The van der Waals surface area contributed by atoms with Gasteiger partial charge in [-0.05, 0) is 71.5 Å². The van der Waals surface area contributed by atoms with Crippen LogP contribution in [0.25, 0.3) is 0 Å². The van der Waals surface area contributed by atoms with Crippen molar-refractivity contribution in [1.29, 1.82) is 0 Å². The van der Waals surface area contributed by atoms with Crippen molar-refractivity contribution >= 4 is 28.5 Å².